The molecule has 0 radical (unpaired) electrons. The van der Waals surface area contributed by atoms with Crippen molar-refractivity contribution in [3.8, 4) is 5.75 Å². The second-order valence-corrected chi connectivity index (χ2v) is 4.61. The van der Waals surface area contributed by atoms with Gasteiger partial charge in [-0.15, -0.1) is 11.8 Å². The molecule has 0 saturated carbocycles. The second-order valence-electron chi connectivity index (χ2n) is 3.39. The molecular formula is C10H12N2O3S. The average Bonchev–Trinajstić information content (AvgIpc) is 2.81. The molecule has 1 aliphatic heterocycles. The molecule has 0 amide bonds. The molecule has 2 rings (SSSR count). The van der Waals surface area contributed by atoms with Gasteiger partial charge in [0.25, 0.3) is 0 Å². The highest BCUT2D eigenvalue weighted by Crippen LogP contribution is 2.35. The van der Waals surface area contributed by atoms with Gasteiger partial charge in [-0.3, -0.25) is 10.1 Å². The Balaban J connectivity index is 2.34. The first-order chi connectivity index (χ1) is 7.72. The van der Waals surface area contributed by atoms with Crippen LogP contribution >= 0.6 is 11.8 Å². The summed E-state index contributed by atoms with van der Waals surface area (Å²) in [5, 5.41) is 14.3. The standard InChI is InChI=1S/C10H12N2O3S/c1-15-9-3-2-7(6-8(9)12(13)14)10-11-4-5-16-10/h2-3,6,10-11H,4-5H2,1H3/t10-/m0/s1. The number of nitro benzene ring substituents is 1. The van der Waals surface area contributed by atoms with Crippen LogP contribution in [0, 0.1) is 10.1 Å². The smallest absolute Gasteiger partial charge is 0.311 e. The fourth-order valence-electron chi connectivity index (χ4n) is 1.65. The van der Waals surface area contributed by atoms with E-state index >= 15 is 0 Å². The van der Waals surface area contributed by atoms with Crippen molar-refractivity contribution >= 4 is 17.4 Å². The number of hydrogen-bond donors (Lipinski definition) is 1. The fraction of sp³-hybridized carbons (Fsp3) is 0.400. The number of thioether (sulfide) groups is 1. The zero-order valence-corrected chi connectivity index (χ0v) is 9.62. The maximum absolute atomic E-state index is 10.8. The van der Waals surface area contributed by atoms with Crippen LogP contribution in [0.5, 0.6) is 5.75 Å². The fourth-order valence-corrected chi connectivity index (χ4v) is 2.70. The van der Waals surface area contributed by atoms with Gasteiger partial charge < -0.3 is 10.1 Å². The molecule has 16 heavy (non-hydrogen) atoms. The quantitative estimate of drug-likeness (QED) is 0.646. The molecule has 0 bridgehead atoms. The Labute approximate surface area is 97.3 Å². The minimum Gasteiger partial charge on any atom is -0.490 e. The van der Waals surface area contributed by atoms with Crippen molar-refractivity contribution in [2.45, 2.75) is 5.37 Å². The van der Waals surface area contributed by atoms with Crippen LogP contribution in [0.2, 0.25) is 0 Å². The lowest BCUT2D eigenvalue weighted by molar-refractivity contribution is -0.385. The van der Waals surface area contributed by atoms with Gasteiger partial charge in [0.2, 0.25) is 0 Å². The van der Waals surface area contributed by atoms with Crippen LogP contribution in [-0.2, 0) is 0 Å². The van der Waals surface area contributed by atoms with Crippen LogP contribution in [0.15, 0.2) is 18.2 Å². The second kappa shape index (κ2) is 4.71. The van der Waals surface area contributed by atoms with Crippen LogP contribution in [-0.4, -0.2) is 24.3 Å². The number of nitro groups is 1. The third-order valence-corrected chi connectivity index (χ3v) is 3.63. The molecule has 1 aromatic rings. The lowest BCUT2D eigenvalue weighted by Gasteiger charge is -2.10. The van der Waals surface area contributed by atoms with E-state index in [0.29, 0.717) is 5.75 Å². The predicted molar refractivity (Wildman–Crippen MR) is 62.9 cm³/mol. The lowest BCUT2D eigenvalue weighted by atomic mass is 10.2. The third-order valence-electron chi connectivity index (χ3n) is 2.42. The first-order valence-corrected chi connectivity index (χ1v) is 5.94. The first kappa shape index (κ1) is 11.2. The molecule has 1 aromatic carbocycles. The van der Waals surface area contributed by atoms with Crippen molar-refractivity contribution in [2.24, 2.45) is 0 Å². The zero-order valence-electron chi connectivity index (χ0n) is 8.80. The van der Waals surface area contributed by atoms with Gasteiger partial charge in [0.05, 0.1) is 17.4 Å². The molecule has 6 heteroatoms. The third kappa shape index (κ3) is 2.12. The van der Waals surface area contributed by atoms with E-state index in [1.54, 1.807) is 23.9 Å². The Hall–Kier alpha value is -1.27. The Morgan fingerprint density at radius 1 is 1.62 bits per heavy atom. The van der Waals surface area contributed by atoms with Crippen molar-refractivity contribution in [3.63, 3.8) is 0 Å². The number of methoxy groups -OCH3 is 1. The molecule has 0 spiro atoms. The Kier molecular flexibility index (Phi) is 3.31. The molecule has 1 aliphatic rings. The van der Waals surface area contributed by atoms with Crippen molar-refractivity contribution < 1.29 is 9.66 Å². The zero-order chi connectivity index (χ0) is 11.5. The van der Waals surface area contributed by atoms with Gasteiger partial charge in [-0.25, -0.2) is 0 Å². The molecule has 1 saturated heterocycles. The molecule has 1 fully saturated rings. The maximum atomic E-state index is 10.8. The van der Waals surface area contributed by atoms with E-state index < -0.39 is 4.92 Å². The van der Waals surface area contributed by atoms with E-state index in [2.05, 4.69) is 5.32 Å². The van der Waals surface area contributed by atoms with Gasteiger partial charge in [0.1, 0.15) is 0 Å². The summed E-state index contributed by atoms with van der Waals surface area (Å²) in [5.74, 6) is 1.33. The van der Waals surface area contributed by atoms with Crippen molar-refractivity contribution in [1.82, 2.24) is 5.32 Å². The summed E-state index contributed by atoms with van der Waals surface area (Å²) in [4.78, 5) is 10.4. The maximum Gasteiger partial charge on any atom is 0.311 e. The Bertz CT molecular complexity index is 405. The molecule has 5 nitrogen and oxygen atoms in total. The summed E-state index contributed by atoms with van der Waals surface area (Å²) in [5.41, 5.74) is 0.948. The summed E-state index contributed by atoms with van der Waals surface area (Å²) in [6, 6.07) is 5.09. The van der Waals surface area contributed by atoms with E-state index in [0.717, 1.165) is 17.9 Å². The number of nitrogens with one attached hydrogen (secondary N) is 1. The molecule has 1 atom stereocenters. The van der Waals surface area contributed by atoms with Crippen LogP contribution in [0.4, 0.5) is 5.69 Å². The number of nitrogens with zero attached hydrogens (tertiary/aromatic N) is 1. The SMILES string of the molecule is COc1ccc([C@H]2NCCS2)cc1[N+](=O)[O-]. The monoisotopic (exact) mass is 240 g/mol. The molecule has 1 heterocycles. The molecule has 0 unspecified atom stereocenters. The summed E-state index contributed by atoms with van der Waals surface area (Å²) in [6.45, 7) is 0.940. The predicted octanol–water partition coefficient (Wildman–Crippen LogP) is 1.94. The van der Waals surface area contributed by atoms with Crippen LogP contribution in [0.3, 0.4) is 0 Å². The summed E-state index contributed by atoms with van der Waals surface area (Å²) < 4.78 is 4.96. The number of rotatable bonds is 3. The topological polar surface area (TPSA) is 64.4 Å². The Morgan fingerprint density at radius 2 is 2.44 bits per heavy atom. The van der Waals surface area contributed by atoms with Gasteiger partial charge in [0.15, 0.2) is 5.75 Å². The van der Waals surface area contributed by atoms with E-state index in [-0.39, 0.29) is 11.1 Å². The largest absolute Gasteiger partial charge is 0.490 e. The summed E-state index contributed by atoms with van der Waals surface area (Å²) in [7, 11) is 1.44. The number of ether oxygens (including phenoxy) is 1. The van der Waals surface area contributed by atoms with Gasteiger partial charge in [0, 0.05) is 18.4 Å². The van der Waals surface area contributed by atoms with E-state index in [1.165, 1.54) is 7.11 Å². The molecule has 86 valence electrons. The van der Waals surface area contributed by atoms with E-state index in [4.69, 9.17) is 4.74 Å². The number of benzene rings is 1. The highest BCUT2D eigenvalue weighted by Gasteiger charge is 2.21. The van der Waals surface area contributed by atoms with Crippen LogP contribution in [0.25, 0.3) is 0 Å². The summed E-state index contributed by atoms with van der Waals surface area (Å²) >= 11 is 1.75. The van der Waals surface area contributed by atoms with Gasteiger partial charge >= 0.3 is 5.69 Å². The Morgan fingerprint density at radius 3 is 3.00 bits per heavy atom. The number of hydrogen-bond acceptors (Lipinski definition) is 5. The highest BCUT2D eigenvalue weighted by molar-refractivity contribution is 7.99. The molecule has 0 aromatic heterocycles. The van der Waals surface area contributed by atoms with Crippen LogP contribution < -0.4 is 10.1 Å². The van der Waals surface area contributed by atoms with E-state index in [1.807, 2.05) is 6.07 Å². The van der Waals surface area contributed by atoms with Gasteiger partial charge in [-0.2, -0.15) is 0 Å². The lowest BCUT2D eigenvalue weighted by Crippen LogP contribution is -2.12. The van der Waals surface area contributed by atoms with Crippen LogP contribution in [0.1, 0.15) is 10.9 Å². The molecule has 1 N–H and O–H groups in total. The highest BCUT2D eigenvalue weighted by atomic mass is 32.2. The minimum absolute atomic E-state index is 0.0225. The molecular weight excluding hydrogens is 228 g/mol. The minimum atomic E-state index is -0.415. The van der Waals surface area contributed by atoms with Crippen molar-refractivity contribution in [2.75, 3.05) is 19.4 Å². The van der Waals surface area contributed by atoms with Gasteiger partial charge in [-0.1, -0.05) is 6.07 Å². The normalized spacial score (nSPS) is 19.7. The molecule has 0 aliphatic carbocycles. The van der Waals surface area contributed by atoms with Gasteiger partial charge in [-0.05, 0) is 11.6 Å². The first-order valence-electron chi connectivity index (χ1n) is 4.89. The summed E-state index contributed by atoms with van der Waals surface area (Å²) in [6.07, 6.45) is 0. The van der Waals surface area contributed by atoms with E-state index in [9.17, 15) is 10.1 Å². The average molecular weight is 240 g/mol. The van der Waals surface area contributed by atoms with Crippen molar-refractivity contribution in [1.29, 1.82) is 0 Å². The van der Waals surface area contributed by atoms with Crippen molar-refractivity contribution in [3.05, 3.63) is 33.9 Å².